The molecule has 0 bridgehead atoms. The number of nitrogens with one attached hydrogen (secondary N) is 2. The number of carbonyl (C=O) groups is 2. The molecule has 0 unspecified atom stereocenters. The quantitative estimate of drug-likeness (QED) is 0.353. The highest BCUT2D eigenvalue weighted by Gasteiger charge is 2.26. The van der Waals surface area contributed by atoms with Gasteiger partial charge in [0, 0.05) is 11.6 Å². The maximum absolute atomic E-state index is 13.0. The van der Waals surface area contributed by atoms with Crippen LogP contribution in [0.2, 0.25) is 0 Å². The molecule has 3 rings (SSSR count). The lowest BCUT2D eigenvalue weighted by Crippen LogP contribution is -2.45. The van der Waals surface area contributed by atoms with E-state index < -0.39 is 32.8 Å². The summed E-state index contributed by atoms with van der Waals surface area (Å²) in [7, 11) is -4.40. The zero-order valence-corrected chi connectivity index (χ0v) is 19.3. The molecule has 12 heteroatoms. The Labute approximate surface area is 198 Å². The summed E-state index contributed by atoms with van der Waals surface area (Å²) in [6.45, 7) is 0. The zero-order chi connectivity index (χ0) is 23.1. The van der Waals surface area contributed by atoms with Crippen LogP contribution < -0.4 is 26.2 Å². The number of aliphatic imine (C=N–C) groups is 1. The van der Waals surface area contributed by atoms with Crippen molar-refractivity contribution in [3.63, 3.8) is 0 Å². The van der Waals surface area contributed by atoms with Crippen molar-refractivity contribution in [3.8, 4) is 11.5 Å². The molecule has 1 aliphatic carbocycles. The van der Waals surface area contributed by atoms with E-state index in [1.54, 1.807) is 30.3 Å². The van der Waals surface area contributed by atoms with Crippen LogP contribution in [0.15, 0.2) is 58.4 Å². The van der Waals surface area contributed by atoms with Crippen LogP contribution in [0.5, 0.6) is 11.5 Å². The Hall–Kier alpha value is -3.31. The number of urea groups is 1. The molecule has 0 radical (unpaired) electrons. The highest BCUT2D eigenvalue weighted by Crippen LogP contribution is 2.30. The molecule has 0 heterocycles. The average molecular weight is 496 g/mol. The number of benzene rings is 2. The van der Waals surface area contributed by atoms with Gasteiger partial charge in [0.25, 0.3) is 15.9 Å². The first-order valence-electron chi connectivity index (χ1n) is 10.1. The number of rotatable bonds is 6. The fraction of sp³-hybridized carbons (Fsp3) is 0.286. The minimum absolute atomic E-state index is 0. The van der Waals surface area contributed by atoms with Crippen LogP contribution in [0.25, 0.3) is 0 Å². The van der Waals surface area contributed by atoms with Crippen LogP contribution in [0.4, 0.5) is 4.79 Å². The number of amides is 3. The van der Waals surface area contributed by atoms with Crippen molar-refractivity contribution >= 4 is 40.3 Å². The Kier molecular flexibility index (Phi) is 9.06. The number of sulfonamides is 1. The van der Waals surface area contributed by atoms with Crippen LogP contribution >= 0.6 is 12.4 Å². The average Bonchev–Trinajstić information content (AvgIpc) is 2.74. The molecule has 0 spiro atoms. The summed E-state index contributed by atoms with van der Waals surface area (Å²) in [5, 5.41) is 2.69. The van der Waals surface area contributed by atoms with Gasteiger partial charge in [0.1, 0.15) is 16.4 Å². The lowest BCUT2D eigenvalue weighted by molar-refractivity contribution is 0.100. The van der Waals surface area contributed by atoms with Gasteiger partial charge in [-0.1, -0.05) is 37.5 Å². The Morgan fingerprint density at radius 2 is 1.67 bits per heavy atom. The first kappa shape index (κ1) is 25.9. The number of nitrogens with zero attached hydrogens (tertiary/aromatic N) is 1. The largest absolute Gasteiger partial charge is 0.456 e. The number of nitrogens with two attached hydrogens (primary N) is 2. The molecule has 33 heavy (non-hydrogen) atoms. The molecule has 178 valence electrons. The van der Waals surface area contributed by atoms with Gasteiger partial charge in [-0.3, -0.25) is 4.79 Å². The summed E-state index contributed by atoms with van der Waals surface area (Å²) in [5.41, 5.74) is 10.4. The third kappa shape index (κ3) is 7.36. The third-order valence-electron chi connectivity index (χ3n) is 4.85. The number of ether oxygens (including phenoxy) is 1. The molecule has 0 saturated heterocycles. The molecule has 1 fully saturated rings. The normalized spacial score (nSPS) is 13.8. The van der Waals surface area contributed by atoms with Gasteiger partial charge in [-0.15, -0.1) is 12.4 Å². The Bertz CT molecular complexity index is 1120. The van der Waals surface area contributed by atoms with Crippen LogP contribution in [-0.4, -0.2) is 32.4 Å². The smallest absolute Gasteiger partial charge is 0.328 e. The minimum Gasteiger partial charge on any atom is -0.456 e. The Balaban J connectivity index is 0.00000385. The van der Waals surface area contributed by atoms with E-state index in [1.165, 1.54) is 12.1 Å². The van der Waals surface area contributed by atoms with E-state index in [9.17, 15) is 18.0 Å². The fourth-order valence-electron chi connectivity index (χ4n) is 3.37. The number of para-hydroxylation sites is 1. The second-order valence-electron chi connectivity index (χ2n) is 7.33. The lowest BCUT2D eigenvalue weighted by Gasteiger charge is -2.23. The maximum Gasteiger partial charge on any atom is 0.328 e. The maximum atomic E-state index is 13.0. The second-order valence-corrected chi connectivity index (χ2v) is 8.98. The van der Waals surface area contributed by atoms with Crippen LogP contribution in [-0.2, 0) is 10.0 Å². The summed E-state index contributed by atoms with van der Waals surface area (Å²) >= 11 is 0. The first-order valence-corrected chi connectivity index (χ1v) is 11.6. The molecule has 0 aromatic heterocycles. The molecular formula is C21H26ClN5O5S. The van der Waals surface area contributed by atoms with E-state index in [0.29, 0.717) is 5.75 Å². The minimum atomic E-state index is -4.40. The Morgan fingerprint density at radius 1 is 1.00 bits per heavy atom. The van der Waals surface area contributed by atoms with Gasteiger partial charge in [0.05, 0.1) is 0 Å². The predicted molar refractivity (Wildman–Crippen MR) is 126 cm³/mol. The van der Waals surface area contributed by atoms with Crippen molar-refractivity contribution in [2.24, 2.45) is 16.5 Å². The number of hydrogen-bond donors (Lipinski definition) is 4. The van der Waals surface area contributed by atoms with Crippen molar-refractivity contribution in [1.82, 2.24) is 10.0 Å². The standard InChI is InChI=1S/C21H25N5O5S.ClH/c22-20(23)25-19(27)14-11-12-17(31-16-9-5-2-6-10-16)18(13-14)32(29,30)26-21(28)24-15-7-3-1-4-8-15;/h2,5-6,9-13,15H,1,3-4,7-8H2,(H2,24,26,28)(H4,22,23,25,27);1H. The van der Waals surface area contributed by atoms with Crippen LogP contribution in [0.1, 0.15) is 42.5 Å². The van der Waals surface area contributed by atoms with Gasteiger partial charge in [0.2, 0.25) is 0 Å². The van der Waals surface area contributed by atoms with Crippen LogP contribution in [0.3, 0.4) is 0 Å². The van der Waals surface area contributed by atoms with Gasteiger partial charge in [-0.05, 0) is 43.2 Å². The van der Waals surface area contributed by atoms with E-state index in [0.717, 1.165) is 38.2 Å². The van der Waals surface area contributed by atoms with Crippen molar-refractivity contribution in [3.05, 3.63) is 54.1 Å². The second kappa shape index (κ2) is 11.5. The summed E-state index contributed by atoms with van der Waals surface area (Å²) in [6.07, 6.45) is 4.62. The summed E-state index contributed by atoms with van der Waals surface area (Å²) in [6, 6.07) is 11.2. The molecule has 2 aromatic carbocycles. The summed E-state index contributed by atoms with van der Waals surface area (Å²) in [5.74, 6) is -0.998. The van der Waals surface area contributed by atoms with E-state index in [1.807, 2.05) is 4.72 Å². The SMILES string of the molecule is Cl.NC(N)=NC(=O)c1ccc(Oc2ccccc2)c(S(=O)(=O)NC(=O)NC2CCCCC2)c1. The monoisotopic (exact) mass is 495 g/mol. The first-order chi connectivity index (χ1) is 15.2. The van der Waals surface area contributed by atoms with E-state index in [4.69, 9.17) is 16.2 Å². The number of guanidine groups is 1. The summed E-state index contributed by atoms with van der Waals surface area (Å²) in [4.78, 5) is 27.6. The van der Waals surface area contributed by atoms with E-state index >= 15 is 0 Å². The highest BCUT2D eigenvalue weighted by molar-refractivity contribution is 7.90. The third-order valence-corrected chi connectivity index (χ3v) is 6.20. The summed E-state index contributed by atoms with van der Waals surface area (Å²) < 4.78 is 33.8. The van der Waals surface area contributed by atoms with Gasteiger partial charge in [0.15, 0.2) is 5.96 Å². The van der Waals surface area contributed by atoms with Crippen LogP contribution in [0, 0.1) is 0 Å². The molecular weight excluding hydrogens is 470 g/mol. The van der Waals surface area contributed by atoms with E-state index in [2.05, 4.69) is 10.3 Å². The molecule has 1 saturated carbocycles. The number of hydrogen-bond acceptors (Lipinski definition) is 5. The number of halogens is 1. The van der Waals surface area contributed by atoms with Gasteiger partial charge in [-0.25, -0.2) is 17.9 Å². The van der Waals surface area contributed by atoms with Crippen molar-refractivity contribution in [2.75, 3.05) is 0 Å². The molecule has 2 aromatic rings. The fourth-order valence-corrected chi connectivity index (χ4v) is 4.44. The van der Waals surface area contributed by atoms with Crippen molar-refractivity contribution in [2.45, 2.75) is 43.0 Å². The molecule has 0 aliphatic heterocycles. The Morgan fingerprint density at radius 3 is 2.30 bits per heavy atom. The predicted octanol–water partition coefficient (Wildman–Crippen LogP) is 2.63. The number of carbonyl (C=O) groups excluding carboxylic acids is 2. The molecule has 1 aliphatic rings. The van der Waals surface area contributed by atoms with Gasteiger partial charge < -0.3 is 21.5 Å². The van der Waals surface area contributed by atoms with Gasteiger partial charge >= 0.3 is 6.03 Å². The topological polar surface area (TPSA) is 166 Å². The van der Waals surface area contributed by atoms with Gasteiger partial charge in [-0.2, -0.15) is 4.99 Å². The highest BCUT2D eigenvalue weighted by atomic mass is 35.5. The molecule has 0 atom stereocenters. The molecule has 10 nitrogen and oxygen atoms in total. The molecule has 3 amide bonds. The molecule has 6 N–H and O–H groups in total. The lowest BCUT2D eigenvalue weighted by atomic mass is 9.96. The van der Waals surface area contributed by atoms with Crippen molar-refractivity contribution < 1.29 is 22.7 Å². The zero-order valence-electron chi connectivity index (χ0n) is 17.7. The van der Waals surface area contributed by atoms with Crippen molar-refractivity contribution in [1.29, 1.82) is 0 Å². The van der Waals surface area contributed by atoms with E-state index in [-0.39, 0.29) is 29.8 Å².